The van der Waals surface area contributed by atoms with Crippen LogP contribution in [0.15, 0.2) is 0 Å². The molecule has 0 aliphatic heterocycles. The molecule has 0 atom stereocenters. The van der Waals surface area contributed by atoms with Gasteiger partial charge in [0.25, 0.3) is 0 Å². The second-order valence-corrected chi connectivity index (χ2v) is 5.36. The van der Waals surface area contributed by atoms with Gasteiger partial charge in [0.1, 0.15) is 6.61 Å². The molecule has 1 amide bonds. The first kappa shape index (κ1) is 13.9. The Morgan fingerprint density at radius 3 is 2.62 bits per heavy atom. The molecule has 0 saturated heterocycles. The number of ether oxygens (including phenoxy) is 2. The van der Waals surface area contributed by atoms with E-state index in [9.17, 15) is 4.79 Å². The van der Waals surface area contributed by atoms with Crippen LogP contribution >= 0.6 is 15.9 Å². The number of carbonyl (C=O) groups excluding carboxylic acids is 1. The maximum atomic E-state index is 11.5. The van der Waals surface area contributed by atoms with E-state index in [1.54, 1.807) is 7.11 Å². The molecule has 0 radical (unpaired) electrons. The van der Waals surface area contributed by atoms with E-state index in [1.165, 1.54) is 0 Å². The molecule has 0 heterocycles. The molecular weight excluding hydrogens is 274 g/mol. The summed E-state index contributed by atoms with van der Waals surface area (Å²) in [5.74, 6) is -0.0193. The first-order chi connectivity index (χ1) is 7.72. The van der Waals surface area contributed by atoms with Gasteiger partial charge in [-0.15, -0.1) is 0 Å². The number of methoxy groups -OCH3 is 1. The molecule has 0 bridgehead atoms. The van der Waals surface area contributed by atoms with Gasteiger partial charge < -0.3 is 14.8 Å². The summed E-state index contributed by atoms with van der Waals surface area (Å²) in [4.78, 5) is 12.1. The summed E-state index contributed by atoms with van der Waals surface area (Å²) >= 11 is 3.59. The highest BCUT2D eigenvalue weighted by atomic mass is 79.9. The molecule has 1 N–H and O–H groups in total. The Kier molecular flexibility index (Phi) is 7.00. The van der Waals surface area contributed by atoms with Crippen LogP contribution in [0.4, 0.5) is 0 Å². The monoisotopic (exact) mass is 293 g/mol. The van der Waals surface area contributed by atoms with Crippen molar-refractivity contribution in [1.82, 2.24) is 5.32 Å². The minimum absolute atomic E-state index is 0.0193. The zero-order valence-corrected chi connectivity index (χ0v) is 11.3. The van der Waals surface area contributed by atoms with Crippen LogP contribution in [-0.4, -0.2) is 43.7 Å². The number of alkyl halides is 1. The lowest BCUT2D eigenvalue weighted by atomic mass is 9.95. The number of hydrogen-bond donors (Lipinski definition) is 1. The van der Waals surface area contributed by atoms with Gasteiger partial charge in [-0.2, -0.15) is 0 Å². The molecule has 5 heteroatoms. The molecule has 0 unspecified atom stereocenters. The van der Waals surface area contributed by atoms with Crippen LogP contribution in [0.2, 0.25) is 0 Å². The summed E-state index contributed by atoms with van der Waals surface area (Å²) in [6, 6.07) is 0.326. The number of hydrogen-bond acceptors (Lipinski definition) is 3. The molecule has 16 heavy (non-hydrogen) atoms. The summed E-state index contributed by atoms with van der Waals surface area (Å²) in [6.45, 7) is 1.14. The van der Waals surface area contributed by atoms with Crippen molar-refractivity contribution >= 4 is 21.8 Å². The molecule has 1 fully saturated rings. The van der Waals surface area contributed by atoms with E-state index >= 15 is 0 Å². The normalized spacial score (nSPS) is 25.4. The Hall–Kier alpha value is -0.130. The van der Waals surface area contributed by atoms with Crippen LogP contribution in [0.3, 0.4) is 0 Å². The third-order valence-electron chi connectivity index (χ3n) is 2.69. The summed E-state index contributed by atoms with van der Waals surface area (Å²) in [5.41, 5.74) is 0. The SMILES string of the molecule is COCCOCC(=O)NC1CCC(Br)CC1. The van der Waals surface area contributed by atoms with E-state index in [0.29, 0.717) is 24.1 Å². The van der Waals surface area contributed by atoms with Crippen molar-refractivity contribution in [3.05, 3.63) is 0 Å². The molecule has 94 valence electrons. The Bertz CT molecular complexity index is 205. The van der Waals surface area contributed by atoms with Crippen molar-refractivity contribution in [1.29, 1.82) is 0 Å². The minimum Gasteiger partial charge on any atom is -0.382 e. The van der Waals surface area contributed by atoms with E-state index < -0.39 is 0 Å². The molecule has 4 nitrogen and oxygen atoms in total. The first-order valence-corrected chi connectivity index (χ1v) is 6.64. The molecule has 1 aliphatic rings. The molecule has 0 aromatic carbocycles. The quantitative estimate of drug-likeness (QED) is 0.596. The molecule has 0 spiro atoms. The molecular formula is C11H20BrNO3. The van der Waals surface area contributed by atoms with Crippen LogP contribution in [0.25, 0.3) is 0 Å². The number of nitrogens with one attached hydrogen (secondary N) is 1. The van der Waals surface area contributed by atoms with Crippen molar-refractivity contribution in [2.45, 2.75) is 36.6 Å². The molecule has 0 aromatic heterocycles. The third-order valence-corrected chi connectivity index (χ3v) is 3.60. The lowest BCUT2D eigenvalue weighted by Gasteiger charge is -2.25. The maximum absolute atomic E-state index is 11.5. The topological polar surface area (TPSA) is 47.6 Å². The standard InChI is InChI=1S/C11H20BrNO3/c1-15-6-7-16-8-11(14)13-10-4-2-9(12)3-5-10/h9-10H,2-8H2,1H3,(H,13,14). The van der Waals surface area contributed by atoms with Gasteiger partial charge in [0, 0.05) is 18.0 Å². The largest absolute Gasteiger partial charge is 0.382 e. The van der Waals surface area contributed by atoms with Gasteiger partial charge in [0.05, 0.1) is 13.2 Å². The second-order valence-electron chi connectivity index (χ2n) is 4.06. The fourth-order valence-corrected chi connectivity index (χ4v) is 2.30. The van der Waals surface area contributed by atoms with Gasteiger partial charge in [-0.1, -0.05) is 15.9 Å². The van der Waals surface area contributed by atoms with E-state index in [4.69, 9.17) is 9.47 Å². The minimum atomic E-state index is -0.0193. The average molecular weight is 294 g/mol. The van der Waals surface area contributed by atoms with Crippen LogP contribution in [0.1, 0.15) is 25.7 Å². The Morgan fingerprint density at radius 2 is 2.00 bits per heavy atom. The number of halogens is 1. The van der Waals surface area contributed by atoms with Crippen molar-refractivity contribution in [2.24, 2.45) is 0 Å². The lowest BCUT2D eigenvalue weighted by molar-refractivity contribution is -0.127. The van der Waals surface area contributed by atoms with E-state index in [-0.39, 0.29) is 12.5 Å². The van der Waals surface area contributed by atoms with Crippen molar-refractivity contribution in [2.75, 3.05) is 26.9 Å². The summed E-state index contributed by atoms with van der Waals surface area (Å²) in [5, 5.41) is 2.99. The maximum Gasteiger partial charge on any atom is 0.246 e. The van der Waals surface area contributed by atoms with Gasteiger partial charge in [-0.05, 0) is 25.7 Å². The third kappa shape index (κ3) is 5.82. The van der Waals surface area contributed by atoms with Crippen molar-refractivity contribution < 1.29 is 14.3 Å². The van der Waals surface area contributed by atoms with Crippen LogP contribution in [-0.2, 0) is 14.3 Å². The number of amides is 1. The average Bonchev–Trinajstić information content (AvgIpc) is 2.28. The van der Waals surface area contributed by atoms with Crippen molar-refractivity contribution in [3.8, 4) is 0 Å². The van der Waals surface area contributed by atoms with Gasteiger partial charge in [0.2, 0.25) is 5.91 Å². The highest BCUT2D eigenvalue weighted by Crippen LogP contribution is 2.23. The smallest absolute Gasteiger partial charge is 0.246 e. The Labute approximate surface area is 105 Å². The Balaban J connectivity index is 2.05. The van der Waals surface area contributed by atoms with Gasteiger partial charge in [-0.25, -0.2) is 0 Å². The van der Waals surface area contributed by atoms with Crippen LogP contribution in [0, 0.1) is 0 Å². The van der Waals surface area contributed by atoms with Gasteiger partial charge in [-0.3, -0.25) is 4.79 Å². The van der Waals surface area contributed by atoms with Crippen LogP contribution in [0.5, 0.6) is 0 Å². The van der Waals surface area contributed by atoms with Crippen molar-refractivity contribution in [3.63, 3.8) is 0 Å². The fourth-order valence-electron chi connectivity index (χ4n) is 1.77. The van der Waals surface area contributed by atoms with Gasteiger partial charge >= 0.3 is 0 Å². The first-order valence-electron chi connectivity index (χ1n) is 5.72. The highest BCUT2D eigenvalue weighted by Gasteiger charge is 2.20. The predicted octanol–water partition coefficient (Wildman–Crippen LogP) is 1.47. The zero-order valence-electron chi connectivity index (χ0n) is 9.71. The molecule has 1 saturated carbocycles. The molecule has 1 rings (SSSR count). The summed E-state index contributed by atoms with van der Waals surface area (Å²) < 4.78 is 9.98. The van der Waals surface area contributed by atoms with E-state index in [2.05, 4.69) is 21.2 Å². The predicted molar refractivity (Wildman–Crippen MR) is 65.8 cm³/mol. The zero-order chi connectivity index (χ0) is 11.8. The summed E-state index contributed by atoms with van der Waals surface area (Å²) in [7, 11) is 1.61. The van der Waals surface area contributed by atoms with E-state index in [1.807, 2.05) is 0 Å². The highest BCUT2D eigenvalue weighted by molar-refractivity contribution is 9.09. The lowest BCUT2D eigenvalue weighted by Crippen LogP contribution is -2.39. The second kappa shape index (κ2) is 8.03. The molecule has 0 aromatic rings. The van der Waals surface area contributed by atoms with Gasteiger partial charge in [0.15, 0.2) is 0 Å². The number of carbonyl (C=O) groups is 1. The Morgan fingerprint density at radius 1 is 1.31 bits per heavy atom. The number of rotatable bonds is 6. The fraction of sp³-hybridized carbons (Fsp3) is 0.909. The van der Waals surface area contributed by atoms with E-state index in [0.717, 1.165) is 25.7 Å². The summed E-state index contributed by atoms with van der Waals surface area (Å²) in [6.07, 6.45) is 4.38. The van der Waals surface area contributed by atoms with Crippen LogP contribution < -0.4 is 5.32 Å². The molecule has 1 aliphatic carbocycles.